The molecule has 2 heterocycles. The molecule has 4 unspecified atom stereocenters. The van der Waals surface area contributed by atoms with Gasteiger partial charge in [0.2, 0.25) is 17.8 Å². The largest absolute Gasteiger partial charge is 0.462 e. The van der Waals surface area contributed by atoms with E-state index in [0.29, 0.717) is 33.4 Å². The Morgan fingerprint density at radius 1 is 0.831 bits per heavy atom. The molecule has 0 spiro atoms. The molecule has 13 heteroatoms. The van der Waals surface area contributed by atoms with Crippen molar-refractivity contribution >= 4 is 35.8 Å². The average molecular weight is 801 g/mol. The number of cyclic esters (lactones) is 1. The number of nitrogens with one attached hydrogen (secondary N) is 2. The Kier molecular flexibility index (Phi) is 12.2. The van der Waals surface area contributed by atoms with Gasteiger partial charge in [0.25, 0.3) is 5.91 Å². The predicted octanol–water partition coefficient (Wildman–Crippen LogP) is 4.77. The van der Waals surface area contributed by atoms with Crippen LogP contribution in [-0.2, 0) is 50.4 Å². The van der Waals surface area contributed by atoms with Crippen LogP contribution in [0.1, 0.15) is 63.2 Å². The Bertz CT molecular complexity index is 2230. The SMILES string of the molecule is CC1(C)COC(=O)C1OC(=O)C=Cc1ccccc1C(=O)OC1CC(C(=O)NCc2cccc(C(=O)NCCO)c2)=CC2OC(c3ccccc3)(c3ccccc3)OC21. The zero-order valence-electron chi connectivity index (χ0n) is 32.5. The Balaban J connectivity index is 1.15. The first kappa shape index (κ1) is 40.8. The van der Waals surface area contributed by atoms with Gasteiger partial charge in [-0.1, -0.05) is 105 Å². The molecule has 4 aromatic rings. The highest BCUT2D eigenvalue weighted by atomic mass is 16.8. The maximum Gasteiger partial charge on any atom is 0.348 e. The maximum absolute atomic E-state index is 14.1. The van der Waals surface area contributed by atoms with E-state index in [1.165, 1.54) is 6.08 Å². The molecule has 2 fully saturated rings. The predicted molar refractivity (Wildman–Crippen MR) is 213 cm³/mol. The smallest absolute Gasteiger partial charge is 0.348 e. The van der Waals surface area contributed by atoms with Gasteiger partial charge in [-0.15, -0.1) is 0 Å². The minimum atomic E-state index is -1.41. The monoisotopic (exact) mass is 800 g/mol. The van der Waals surface area contributed by atoms with E-state index in [1.807, 2.05) is 60.7 Å². The molecule has 2 saturated heterocycles. The van der Waals surface area contributed by atoms with Gasteiger partial charge in [0.1, 0.15) is 24.9 Å². The van der Waals surface area contributed by atoms with E-state index in [2.05, 4.69) is 10.6 Å². The standard InChI is InChI=1S/C46H44N2O11/c1-45(2)28-55-44(54)40(45)57-38(50)21-20-30-13-9-10-19-35(30)43(53)56-36-25-32(42(52)48-27-29-12-11-14-31(24-29)41(51)47-22-23-49)26-37-39(36)59-46(58-37,33-15-5-3-6-16-33)34-17-7-4-8-18-34/h3-21,24,26,36-37,39-40,49H,22-23,25,27-28H2,1-2H3,(H,47,51)(H,48,52). The van der Waals surface area contributed by atoms with Crippen molar-refractivity contribution < 1.29 is 52.8 Å². The molecule has 0 radical (unpaired) electrons. The highest BCUT2D eigenvalue weighted by Crippen LogP contribution is 2.47. The first-order valence-electron chi connectivity index (χ1n) is 19.3. The summed E-state index contributed by atoms with van der Waals surface area (Å²) in [6, 6.07) is 32.0. The molecule has 0 saturated carbocycles. The number of ether oxygens (including phenoxy) is 5. The summed E-state index contributed by atoms with van der Waals surface area (Å²) in [5, 5.41) is 14.6. The van der Waals surface area contributed by atoms with Crippen molar-refractivity contribution in [1.82, 2.24) is 10.6 Å². The molecule has 2 aliphatic heterocycles. The number of aliphatic hydroxyl groups excluding tert-OH is 1. The number of rotatable bonds is 13. The molecule has 7 rings (SSSR count). The Morgan fingerprint density at radius 3 is 2.20 bits per heavy atom. The lowest BCUT2D eigenvalue weighted by molar-refractivity contribution is -0.159. The van der Waals surface area contributed by atoms with Gasteiger partial charge in [-0.2, -0.15) is 0 Å². The van der Waals surface area contributed by atoms with Gasteiger partial charge in [0.05, 0.1) is 12.2 Å². The first-order valence-corrected chi connectivity index (χ1v) is 19.3. The summed E-state index contributed by atoms with van der Waals surface area (Å²) in [5.41, 5.74) is 2.52. The van der Waals surface area contributed by atoms with Crippen LogP contribution in [0.15, 0.2) is 127 Å². The maximum atomic E-state index is 14.1. The molecule has 0 bridgehead atoms. The second kappa shape index (κ2) is 17.6. The van der Waals surface area contributed by atoms with Crippen LogP contribution in [0, 0.1) is 5.41 Å². The van der Waals surface area contributed by atoms with Gasteiger partial charge in [-0.3, -0.25) is 9.59 Å². The number of carbonyl (C=O) groups excluding carboxylic acids is 5. The van der Waals surface area contributed by atoms with Crippen molar-refractivity contribution in [3.8, 4) is 0 Å². The highest BCUT2D eigenvalue weighted by Gasteiger charge is 2.55. The lowest BCUT2D eigenvalue weighted by atomic mass is 9.90. The van der Waals surface area contributed by atoms with E-state index in [-0.39, 0.29) is 44.2 Å². The fraction of sp³-hybridized carbons (Fsp3) is 0.283. The zero-order valence-corrected chi connectivity index (χ0v) is 32.5. The first-order chi connectivity index (χ1) is 28.5. The van der Waals surface area contributed by atoms with Crippen LogP contribution in [0.5, 0.6) is 0 Å². The number of hydrogen-bond acceptors (Lipinski definition) is 11. The zero-order chi connectivity index (χ0) is 41.6. The molecule has 4 atom stereocenters. The second-order valence-corrected chi connectivity index (χ2v) is 15.0. The quantitative estimate of drug-likeness (QED) is 0.0965. The fourth-order valence-corrected chi connectivity index (χ4v) is 7.26. The van der Waals surface area contributed by atoms with Crippen molar-refractivity contribution in [3.63, 3.8) is 0 Å². The third-order valence-corrected chi connectivity index (χ3v) is 10.3. The van der Waals surface area contributed by atoms with Crippen molar-refractivity contribution in [2.24, 2.45) is 5.41 Å². The van der Waals surface area contributed by atoms with E-state index >= 15 is 0 Å². The van der Waals surface area contributed by atoms with Crippen LogP contribution in [0.25, 0.3) is 6.08 Å². The normalized spacial score (nSPS) is 21.5. The summed E-state index contributed by atoms with van der Waals surface area (Å²) >= 11 is 0. The van der Waals surface area contributed by atoms with Gasteiger partial charge in [-0.05, 0) is 41.5 Å². The summed E-state index contributed by atoms with van der Waals surface area (Å²) in [7, 11) is 0. The molecule has 13 nitrogen and oxygen atoms in total. The molecular weight excluding hydrogens is 757 g/mol. The summed E-state index contributed by atoms with van der Waals surface area (Å²) in [5.74, 6) is -4.34. The summed E-state index contributed by atoms with van der Waals surface area (Å²) in [4.78, 5) is 65.5. The molecule has 1 aliphatic carbocycles. The van der Waals surface area contributed by atoms with E-state index in [4.69, 9.17) is 28.8 Å². The summed E-state index contributed by atoms with van der Waals surface area (Å²) in [6.07, 6.45) is 0.446. The van der Waals surface area contributed by atoms with Gasteiger partial charge in [0.15, 0.2) is 0 Å². The number of benzene rings is 4. The molecule has 304 valence electrons. The number of carbonyl (C=O) groups is 5. The number of aliphatic hydroxyl groups is 1. The fourth-order valence-electron chi connectivity index (χ4n) is 7.26. The van der Waals surface area contributed by atoms with E-state index in [9.17, 15) is 24.0 Å². The van der Waals surface area contributed by atoms with Crippen molar-refractivity contribution in [2.75, 3.05) is 19.8 Å². The van der Waals surface area contributed by atoms with Crippen LogP contribution in [0.3, 0.4) is 0 Å². The topological polar surface area (TPSA) is 176 Å². The molecule has 3 N–H and O–H groups in total. The molecular formula is C46H44N2O11. The minimum absolute atomic E-state index is 0.0248. The van der Waals surface area contributed by atoms with Crippen LogP contribution >= 0.6 is 0 Å². The molecule has 3 aliphatic rings. The van der Waals surface area contributed by atoms with Gasteiger partial charge >= 0.3 is 17.9 Å². The van der Waals surface area contributed by atoms with Crippen molar-refractivity contribution in [3.05, 3.63) is 160 Å². The molecule has 2 amide bonds. The van der Waals surface area contributed by atoms with Gasteiger partial charge in [-0.25, -0.2) is 14.4 Å². The van der Waals surface area contributed by atoms with Crippen LogP contribution in [0.4, 0.5) is 0 Å². The Labute approximate surface area is 341 Å². The highest BCUT2D eigenvalue weighted by molar-refractivity contribution is 5.97. The lowest BCUT2D eigenvalue weighted by Crippen LogP contribution is -2.43. The minimum Gasteiger partial charge on any atom is -0.462 e. The van der Waals surface area contributed by atoms with Crippen molar-refractivity contribution in [2.45, 2.75) is 57.0 Å². The van der Waals surface area contributed by atoms with Crippen LogP contribution in [0.2, 0.25) is 0 Å². The number of amides is 2. The number of esters is 3. The van der Waals surface area contributed by atoms with Gasteiger partial charge < -0.3 is 39.4 Å². The van der Waals surface area contributed by atoms with E-state index in [0.717, 1.165) is 6.08 Å². The third-order valence-electron chi connectivity index (χ3n) is 10.3. The van der Waals surface area contributed by atoms with Gasteiger partial charge in [0, 0.05) is 53.3 Å². The van der Waals surface area contributed by atoms with Crippen molar-refractivity contribution in [1.29, 1.82) is 0 Å². The number of fused-ring (bicyclic) bond motifs is 1. The Morgan fingerprint density at radius 2 is 1.53 bits per heavy atom. The summed E-state index contributed by atoms with van der Waals surface area (Å²) < 4.78 is 30.4. The summed E-state index contributed by atoms with van der Waals surface area (Å²) in [6.45, 7) is 3.65. The van der Waals surface area contributed by atoms with Crippen LogP contribution in [-0.4, -0.2) is 79.0 Å². The molecule has 4 aromatic carbocycles. The lowest BCUT2D eigenvalue weighted by Gasteiger charge is -2.31. The number of hydrogen-bond donors (Lipinski definition) is 3. The molecule has 59 heavy (non-hydrogen) atoms. The molecule has 0 aromatic heterocycles. The van der Waals surface area contributed by atoms with E-state index in [1.54, 1.807) is 68.5 Å². The third kappa shape index (κ3) is 9.02. The van der Waals surface area contributed by atoms with E-state index < -0.39 is 59.4 Å². The Hall–Kier alpha value is -6.41. The average Bonchev–Trinajstić information content (AvgIpc) is 3.78. The second-order valence-electron chi connectivity index (χ2n) is 15.0. The van der Waals surface area contributed by atoms with Crippen LogP contribution < -0.4 is 10.6 Å².